The maximum Gasteiger partial charge on any atom is 0.160 e. The zero-order valence-electron chi connectivity index (χ0n) is 31.5. The molecule has 4 aromatic heterocycles. The fourth-order valence-corrected chi connectivity index (χ4v) is 10.8. The van der Waals surface area contributed by atoms with E-state index in [0.717, 1.165) is 65.9 Å². The fraction of sp³-hybridized carbons (Fsp3) is 0.0189. The number of para-hydroxylation sites is 1. The molecule has 0 atom stereocenters. The van der Waals surface area contributed by atoms with E-state index in [0.29, 0.717) is 5.82 Å². The van der Waals surface area contributed by atoms with Crippen LogP contribution in [0, 0.1) is 12.3 Å². The van der Waals surface area contributed by atoms with E-state index in [4.69, 9.17) is 16.4 Å². The van der Waals surface area contributed by atoms with Gasteiger partial charge in [-0.05, 0) is 66.6 Å². The first-order chi connectivity index (χ1) is 28.7. The van der Waals surface area contributed by atoms with Gasteiger partial charge < -0.3 is 4.57 Å². The fourth-order valence-electron chi connectivity index (χ4n) is 8.55. The monoisotopic (exact) mass is 775 g/mol. The lowest BCUT2D eigenvalue weighted by Crippen LogP contribution is -2.04. The van der Waals surface area contributed by atoms with E-state index in [1.807, 2.05) is 29.5 Å². The smallest absolute Gasteiger partial charge is 0.160 e. The summed E-state index contributed by atoms with van der Waals surface area (Å²) in [5.74, 6) is 3.47. The molecule has 0 spiro atoms. The van der Waals surface area contributed by atoms with Crippen LogP contribution in [0.4, 0.5) is 0 Å². The first kappa shape index (κ1) is 34.2. The molecule has 0 aliphatic carbocycles. The number of hydrogen-bond acceptors (Lipinski definition) is 4. The van der Waals surface area contributed by atoms with Crippen LogP contribution in [0.15, 0.2) is 176 Å². The van der Waals surface area contributed by atoms with Gasteiger partial charge in [0.2, 0.25) is 0 Å². The van der Waals surface area contributed by atoms with Gasteiger partial charge in [0.1, 0.15) is 0 Å². The Bertz CT molecular complexity index is 3520. The maximum absolute atomic E-state index is 5.92. The van der Waals surface area contributed by atoms with Crippen molar-refractivity contribution in [3.05, 3.63) is 182 Å². The van der Waals surface area contributed by atoms with Crippen LogP contribution < -0.4 is 0 Å². The van der Waals surface area contributed by atoms with Gasteiger partial charge in [-0.2, -0.15) is 0 Å². The van der Waals surface area contributed by atoms with Gasteiger partial charge in [0, 0.05) is 63.3 Å². The minimum Gasteiger partial charge on any atom is -0.307 e. The van der Waals surface area contributed by atoms with Crippen molar-refractivity contribution in [1.29, 1.82) is 0 Å². The molecule has 0 unspecified atom stereocenters. The Labute approximate surface area is 343 Å². The standard InChI is InChI=1S/C53H33N3S2/c1-3-5-18-33(4-2)41-31-36(48-52-49(40-25-14-17-28-45(40)58-52)55-53(54-48)35-21-10-7-11-22-35)32-42(34-19-8-6-9-20-34)50(41)56-43-26-15-12-23-37(43)38-29-30-46-47(51(38)56)39-24-13-16-27-44(39)57-46/h1,4-32H,2H3/b18-5-,33-4+. The molecule has 0 saturated heterocycles. The van der Waals surface area contributed by atoms with E-state index in [-0.39, 0.29) is 0 Å². The summed E-state index contributed by atoms with van der Waals surface area (Å²) in [5, 5.41) is 6.08. The second kappa shape index (κ2) is 13.8. The third-order valence-electron chi connectivity index (χ3n) is 11.1. The number of hydrogen-bond donors (Lipinski definition) is 0. The molecule has 4 heterocycles. The van der Waals surface area contributed by atoms with E-state index < -0.39 is 0 Å². The predicted molar refractivity (Wildman–Crippen MR) is 250 cm³/mol. The van der Waals surface area contributed by atoms with Crippen LogP contribution in [0.1, 0.15) is 12.5 Å². The molecule has 0 aliphatic rings. The quantitative estimate of drug-likeness (QED) is 0.124. The molecule has 11 rings (SSSR count). The van der Waals surface area contributed by atoms with Crippen LogP contribution in [-0.2, 0) is 0 Å². The summed E-state index contributed by atoms with van der Waals surface area (Å²) in [6, 6.07) is 56.5. The summed E-state index contributed by atoms with van der Waals surface area (Å²) in [6.45, 7) is 2.09. The van der Waals surface area contributed by atoms with Crippen molar-refractivity contribution in [2.24, 2.45) is 0 Å². The number of nitrogens with zero attached hydrogens (tertiary/aromatic N) is 3. The molecule has 7 aromatic carbocycles. The lowest BCUT2D eigenvalue weighted by atomic mass is 9.91. The molecule has 272 valence electrons. The molecule has 5 heteroatoms. The highest BCUT2D eigenvalue weighted by atomic mass is 32.1. The van der Waals surface area contributed by atoms with Gasteiger partial charge in [0.05, 0.1) is 32.6 Å². The molecule has 0 radical (unpaired) electrons. The number of allylic oxidation sites excluding steroid dienone is 4. The van der Waals surface area contributed by atoms with Gasteiger partial charge in [-0.15, -0.1) is 29.1 Å². The van der Waals surface area contributed by atoms with Gasteiger partial charge in [-0.25, -0.2) is 9.97 Å². The van der Waals surface area contributed by atoms with Crippen LogP contribution in [0.2, 0.25) is 0 Å². The highest BCUT2D eigenvalue weighted by Gasteiger charge is 2.25. The third-order valence-corrected chi connectivity index (χ3v) is 13.4. The average molecular weight is 776 g/mol. The van der Waals surface area contributed by atoms with Gasteiger partial charge in [0.15, 0.2) is 5.82 Å². The van der Waals surface area contributed by atoms with Crippen LogP contribution >= 0.6 is 22.7 Å². The highest BCUT2D eigenvalue weighted by molar-refractivity contribution is 7.26. The van der Waals surface area contributed by atoms with Crippen molar-refractivity contribution in [2.75, 3.05) is 0 Å². The number of aromatic nitrogens is 3. The SMILES string of the molecule is C#C/C=C\C(=C/C)c1cc(-c2nc(-c3ccccc3)nc3c2sc2ccccc23)cc(-c2ccccc2)c1-n1c2ccccc2c2ccc3sc4ccccc4c3c21. The molecule has 0 saturated carbocycles. The number of benzene rings is 7. The van der Waals surface area contributed by atoms with Crippen LogP contribution in [0.5, 0.6) is 0 Å². The minimum absolute atomic E-state index is 0.700. The van der Waals surface area contributed by atoms with Gasteiger partial charge in [0.25, 0.3) is 0 Å². The summed E-state index contributed by atoms with van der Waals surface area (Å²) in [6.07, 6.45) is 11.9. The molecule has 11 aromatic rings. The summed E-state index contributed by atoms with van der Waals surface area (Å²) in [7, 11) is 0. The molecular weight excluding hydrogens is 743 g/mol. The normalized spacial score (nSPS) is 12.2. The summed E-state index contributed by atoms with van der Waals surface area (Å²) in [5.41, 5.74) is 11.5. The Balaban J connectivity index is 1.34. The van der Waals surface area contributed by atoms with E-state index in [2.05, 4.69) is 169 Å². The van der Waals surface area contributed by atoms with E-state index in [1.165, 1.54) is 41.2 Å². The molecule has 0 N–H and O–H groups in total. The largest absolute Gasteiger partial charge is 0.307 e. The van der Waals surface area contributed by atoms with Gasteiger partial charge in [-0.1, -0.05) is 133 Å². The number of thiophene rings is 2. The van der Waals surface area contributed by atoms with Crippen molar-refractivity contribution >= 4 is 90.5 Å². The van der Waals surface area contributed by atoms with Gasteiger partial charge in [-0.3, -0.25) is 0 Å². The lowest BCUT2D eigenvalue weighted by Gasteiger charge is -2.22. The second-order valence-corrected chi connectivity index (χ2v) is 16.5. The Morgan fingerprint density at radius 2 is 1.29 bits per heavy atom. The Morgan fingerprint density at radius 1 is 0.621 bits per heavy atom. The molecule has 0 fully saturated rings. The molecule has 58 heavy (non-hydrogen) atoms. The van der Waals surface area contributed by atoms with Crippen LogP contribution in [-0.4, -0.2) is 14.5 Å². The van der Waals surface area contributed by atoms with Crippen molar-refractivity contribution < 1.29 is 0 Å². The zero-order valence-corrected chi connectivity index (χ0v) is 33.1. The Morgan fingerprint density at radius 3 is 2.05 bits per heavy atom. The number of terminal acetylenes is 1. The molecule has 3 nitrogen and oxygen atoms in total. The minimum atomic E-state index is 0.700. The summed E-state index contributed by atoms with van der Waals surface area (Å²) >= 11 is 3.60. The Kier molecular flexibility index (Phi) is 8.15. The number of fused-ring (bicyclic) bond motifs is 10. The number of rotatable bonds is 6. The molecule has 0 bridgehead atoms. The average Bonchev–Trinajstić information content (AvgIpc) is 3.96. The predicted octanol–water partition coefficient (Wildman–Crippen LogP) is 14.9. The van der Waals surface area contributed by atoms with Crippen molar-refractivity contribution in [3.8, 4) is 51.8 Å². The maximum atomic E-state index is 5.92. The van der Waals surface area contributed by atoms with E-state index in [1.54, 1.807) is 17.4 Å². The summed E-state index contributed by atoms with van der Waals surface area (Å²) in [4.78, 5) is 10.7. The van der Waals surface area contributed by atoms with E-state index >= 15 is 0 Å². The van der Waals surface area contributed by atoms with Crippen LogP contribution in [0.3, 0.4) is 0 Å². The first-order valence-corrected chi connectivity index (χ1v) is 20.9. The zero-order chi connectivity index (χ0) is 38.7. The van der Waals surface area contributed by atoms with Crippen molar-refractivity contribution in [3.63, 3.8) is 0 Å². The van der Waals surface area contributed by atoms with Gasteiger partial charge >= 0.3 is 0 Å². The van der Waals surface area contributed by atoms with Crippen molar-refractivity contribution in [1.82, 2.24) is 14.5 Å². The third kappa shape index (κ3) is 5.34. The second-order valence-electron chi connectivity index (χ2n) is 14.4. The molecular formula is C53H33N3S2. The van der Waals surface area contributed by atoms with Crippen molar-refractivity contribution in [2.45, 2.75) is 6.92 Å². The topological polar surface area (TPSA) is 30.7 Å². The van der Waals surface area contributed by atoms with Crippen LogP contribution in [0.25, 0.3) is 107 Å². The summed E-state index contributed by atoms with van der Waals surface area (Å²) < 4.78 is 7.30. The van der Waals surface area contributed by atoms with E-state index in [9.17, 15) is 0 Å². The lowest BCUT2D eigenvalue weighted by molar-refractivity contribution is 1.18. The molecule has 0 aliphatic heterocycles. The highest BCUT2D eigenvalue weighted by Crippen LogP contribution is 2.48. The Hall–Kier alpha value is -7.10. The molecule has 0 amide bonds. The first-order valence-electron chi connectivity index (χ1n) is 19.3.